The number of hydrogen-bond acceptors (Lipinski definition) is 4. The number of rotatable bonds is 6. The third-order valence-corrected chi connectivity index (χ3v) is 6.19. The van der Waals surface area contributed by atoms with Crippen LogP contribution in [0.15, 0.2) is 53.3 Å². The number of nitrogens with one attached hydrogen (secondary N) is 1. The molecular weight excluding hydrogens is 412 g/mol. The van der Waals surface area contributed by atoms with Crippen LogP contribution in [0.4, 0.5) is 5.82 Å². The van der Waals surface area contributed by atoms with Gasteiger partial charge in [0.25, 0.3) is 5.56 Å². The zero-order chi connectivity index (χ0) is 21.8. The Balaban J connectivity index is 1.36. The summed E-state index contributed by atoms with van der Waals surface area (Å²) in [6, 6.07) is 15.4. The van der Waals surface area contributed by atoms with E-state index in [1.54, 1.807) is 4.57 Å². The molecule has 1 N–H and O–H groups in total. The second-order valence-electron chi connectivity index (χ2n) is 7.90. The van der Waals surface area contributed by atoms with Crippen LogP contribution in [0.2, 0.25) is 5.02 Å². The van der Waals surface area contributed by atoms with Gasteiger partial charge < -0.3 is 14.8 Å². The highest BCUT2D eigenvalue weighted by atomic mass is 35.5. The van der Waals surface area contributed by atoms with Crippen LogP contribution in [-0.2, 0) is 17.8 Å². The fraction of sp³-hybridized carbons (Fsp3) is 0.375. The molecule has 1 saturated heterocycles. The third-order valence-electron chi connectivity index (χ3n) is 5.94. The molecule has 1 fully saturated rings. The number of piperidine rings is 1. The van der Waals surface area contributed by atoms with Crippen molar-refractivity contribution in [3.8, 4) is 0 Å². The van der Waals surface area contributed by atoms with E-state index in [1.165, 1.54) is 0 Å². The molecule has 1 aliphatic heterocycles. The van der Waals surface area contributed by atoms with Crippen molar-refractivity contribution in [3.05, 3.63) is 69.5 Å². The number of carbonyl (C=O) groups is 1. The molecule has 3 aromatic rings. The number of hydrogen-bond donors (Lipinski definition) is 1. The first-order valence-corrected chi connectivity index (χ1v) is 11.2. The van der Waals surface area contributed by atoms with Gasteiger partial charge >= 0.3 is 0 Å². The van der Waals surface area contributed by atoms with Crippen molar-refractivity contribution >= 4 is 34.4 Å². The Morgan fingerprint density at radius 1 is 1.13 bits per heavy atom. The average molecular weight is 439 g/mol. The Bertz CT molecular complexity index is 1120. The van der Waals surface area contributed by atoms with E-state index in [9.17, 15) is 9.59 Å². The lowest BCUT2D eigenvalue weighted by Gasteiger charge is -2.32. The van der Waals surface area contributed by atoms with E-state index >= 15 is 0 Å². The summed E-state index contributed by atoms with van der Waals surface area (Å²) in [6.45, 7) is 4.48. The minimum absolute atomic E-state index is 0.0321. The Morgan fingerprint density at radius 2 is 1.84 bits per heavy atom. The first-order valence-electron chi connectivity index (χ1n) is 10.8. The molecule has 31 heavy (non-hydrogen) atoms. The quantitative estimate of drug-likeness (QED) is 0.638. The summed E-state index contributed by atoms with van der Waals surface area (Å²) in [5.41, 5.74) is 2.76. The predicted octanol–water partition coefficient (Wildman–Crippen LogP) is 3.65. The number of amides is 1. The molecule has 0 unspecified atom stereocenters. The molecule has 1 aliphatic rings. The van der Waals surface area contributed by atoms with E-state index < -0.39 is 0 Å². The van der Waals surface area contributed by atoms with E-state index in [2.05, 4.69) is 10.3 Å². The number of halogens is 1. The van der Waals surface area contributed by atoms with Gasteiger partial charge in [-0.3, -0.25) is 9.59 Å². The van der Waals surface area contributed by atoms with Gasteiger partial charge in [0.05, 0.1) is 11.0 Å². The number of aryl methyl sites for hydroxylation is 1. The van der Waals surface area contributed by atoms with E-state index in [1.807, 2.05) is 60.4 Å². The van der Waals surface area contributed by atoms with E-state index in [-0.39, 0.29) is 17.4 Å². The van der Waals surface area contributed by atoms with Crippen molar-refractivity contribution in [2.24, 2.45) is 5.92 Å². The van der Waals surface area contributed by atoms with Crippen LogP contribution in [0.5, 0.6) is 0 Å². The molecule has 2 heterocycles. The zero-order valence-electron chi connectivity index (χ0n) is 17.7. The van der Waals surface area contributed by atoms with E-state index in [0.717, 1.165) is 23.0 Å². The normalized spacial score (nSPS) is 14.7. The van der Waals surface area contributed by atoms with Crippen molar-refractivity contribution in [2.75, 3.05) is 24.5 Å². The number of para-hydroxylation sites is 2. The summed E-state index contributed by atoms with van der Waals surface area (Å²) >= 11 is 5.91. The monoisotopic (exact) mass is 438 g/mol. The SMILES string of the molecule is CCn1c(=O)c(N2CCC(C(=O)NCCc3ccc(Cl)cc3)CC2)nc2ccccc21. The molecule has 1 aromatic heterocycles. The highest BCUT2D eigenvalue weighted by Gasteiger charge is 2.27. The molecule has 0 radical (unpaired) electrons. The maximum absolute atomic E-state index is 13.0. The summed E-state index contributed by atoms with van der Waals surface area (Å²) in [5, 5.41) is 3.77. The van der Waals surface area contributed by atoms with Crippen LogP contribution in [0.25, 0.3) is 11.0 Å². The van der Waals surface area contributed by atoms with Crippen LogP contribution in [0, 0.1) is 5.92 Å². The van der Waals surface area contributed by atoms with Crippen LogP contribution in [0.3, 0.4) is 0 Å². The molecule has 162 valence electrons. The highest BCUT2D eigenvalue weighted by molar-refractivity contribution is 6.30. The van der Waals surface area contributed by atoms with Gasteiger partial charge in [0.15, 0.2) is 5.82 Å². The second kappa shape index (κ2) is 9.52. The van der Waals surface area contributed by atoms with Crippen LogP contribution in [0.1, 0.15) is 25.3 Å². The molecule has 0 bridgehead atoms. The lowest BCUT2D eigenvalue weighted by Crippen LogP contribution is -2.43. The number of anilines is 1. The molecule has 0 atom stereocenters. The van der Waals surface area contributed by atoms with Crippen molar-refractivity contribution in [3.63, 3.8) is 0 Å². The largest absolute Gasteiger partial charge is 0.356 e. The summed E-state index contributed by atoms with van der Waals surface area (Å²) in [5.74, 6) is 0.545. The maximum atomic E-state index is 13.0. The first-order chi connectivity index (χ1) is 15.1. The van der Waals surface area contributed by atoms with Gasteiger partial charge in [0.1, 0.15) is 0 Å². The Morgan fingerprint density at radius 3 is 2.55 bits per heavy atom. The minimum atomic E-state index is -0.0629. The number of fused-ring (bicyclic) bond motifs is 1. The maximum Gasteiger partial charge on any atom is 0.293 e. The molecule has 6 nitrogen and oxygen atoms in total. The van der Waals surface area contributed by atoms with Gasteiger partial charge in [-0.25, -0.2) is 4.98 Å². The molecule has 2 aromatic carbocycles. The van der Waals surface area contributed by atoms with E-state index in [0.29, 0.717) is 49.9 Å². The van der Waals surface area contributed by atoms with Gasteiger partial charge in [-0.15, -0.1) is 0 Å². The Kier molecular flexibility index (Phi) is 6.56. The number of nitrogens with zero attached hydrogens (tertiary/aromatic N) is 3. The smallest absolute Gasteiger partial charge is 0.293 e. The third kappa shape index (κ3) is 4.74. The fourth-order valence-corrected chi connectivity index (χ4v) is 4.30. The number of benzene rings is 2. The fourth-order valence-electron chi connectivity index (χ4n) is 4.18. The van der Waals surface area contributed by atoms with E-state index in [4.69, 9.17) is 11.6 Å². The van der Waals surface area contributed by atoms with Crippen molar-refractivity contribution < 1.29 is 4.79 Å². The van der Waals surface area contributed by atoms with Gasteiger partial charge in [-0.05, 0) is 56.0 Å². The average Bonchev–Trinajstić information content (AvgIpc) is 2.80. The molecule has 1 amide bonds. The van der Waals surface area contributed by atoms with Gasteiger partial charge in [-0.2, -0.15) is 0 Å². The molecule has 0 saturated carbocycles. The Hall–Kier alpha value is -2.86. The lowest BCUT2D eigenvalue weighted by atomic mass is 9.96. The van der Waals surface area contributed by atoms with Crippen LogP contribution >= 0.6 is 11.6 Å². The molecular formula is C24H27ClN4O2. The van der Waals surface area contributed by atoms with Gasteiger partial charge in [0, 0.05) is 37.1 Å². The summed E-state index contributed by atoms with van der Waals surface area (Å²) < 4.78 is 1.77. The molecule has 0 spiro atoms. The predicted molar refractivity (Wildman–Crippen MR) is 125 cm³/mol. The number of carbonyl (C=O) groups excluding carboxylic acids is 1. The standard InChI is InChI=1S/C24H27ClN4O2/c1-2-29-21-6-4-3-5-20(21)27-22(24(29)31)28-15-12-18(13-16-28)23(30)26-14-11-17-7-9-19(25)10-8-17/h3-10,18H,2,11-16H2,1H3,(H,26,30). The lowest BCUT2D eigenvalue weighted by molar-refractivity contribution is -0.125. The minimum Gasteiger partial charge on any atom is -0.356 e. The molecule has 7 heteroatoms. The van der Waals surface area contributed by atoms with Crippen molar-refractivity contribution in [1.29, 1.82) is 0 Å². The molecule has 4 rings (SSSR count). The van der Waals surface area contributed by atoms with Gasteiger partial charge in [-0.1, -0.05) is 35.9 Å². The summed E-state index contributed by atoms with van der Waals surface area (Å²) in [6.07, 6.45) is 2.21. The first kappa shape index (κ1) is 21.4. The summed E-state index contributed by atoms with van der Waals surface area (Å²) in [7, 11) is 0. The van der Waals surface area contributed by atoms with Crippen molar-refractivity contribution in [2.45, 2.75) is 32.7 Å². The molecule has 0 aliphatic carbocycles. The topological polar surface area (TPSA) is 67.2 Å². The Labute approximate surface area is 186 Å². The number of aromatic nitrogens is 2. The van der Waals surface area contributed by atoms with Gasteiger partial charge in [0.2, 0.25) is 5.91 Å². The van der Waals surface area contributed by atoms with Crippen molar-refractivity contribution in [1.82, 2.24) is 14.9 Å². The second-order valence-corrected chi connectivity index (χ2v) is 8.34. The van der Waals surface area contributed by atoms with Crippen LogP contribution < -0.4 is 15.8 Å². The highest BCUT2D eigenvalue weighted by Crippen LogP contribution is 2.22. The zero-order valence-corrected chi connectivity index (χ0v) is 18.4. The summed E-state index contributed by atoms with van der Waals surface area (Å²) in [4.78, 5) is 32.3. The van der Waals surface area contributed by atoms with Crippen LogP contribution in [-0.4, -0.2) is 35.1 Å².